The Bertz CT molecular complexity index is 1080. The van der Waals surface area contributed by atoms with Crippen LogP contribution < -0.4 is 14.2 Å². The molecule has 0 aromatic heterocycles. The summed E-state index contributed by atoms with van der Waals surface area (Å²) in [6.07, 6.45) is 15.4. The molecule has 5 N–H and O–H groups in total. The van der Waals surface area contributed by atoms with E-state index in [0.717, 1.165) is 12.1 Å². The van der Waals surface area contributed by atoms with Crippen molar-refractivity contribution in [3.05, 3.63) is 35.4 Å². The third-order valence-electron chi connectivity index (χ3n) is 3.51. The van der Waals surface area contributed by atoms with Gasteiger partial charge in [-0.25, -0.2) is 9.59 Å². The van der Waals surface area contributed by atoms with Crippen molar-refractivity contribution in [3.8, 4) is 71.5 Å². The number of hydrogen-bond acceptors (Lipinski definition) is 8. The number of carboxylic acid groups (broad SMARTS) is 2. The van der Waals surface area contributed by atoms with Gasteiger partial charge in [-0.3, -0.25) is 0 Å². The molecule has 2 aromatic carbocycles. The summed E-state index contributed by atoms with van der Waals surface area (Å²) in [7, 11) is 0. The van der Waals surface area contributed by atoms with Crippen LogP contribution in [0.5, 0.6) is 34.5 Å². The van der Waals surface area contributed by atoms with Crippen LogP contribution in [0.2, 0.25) is 0 Å². The lowest BCUT2D eigenvalue weighted by atomic mass is 10.2. The highest BCUT2D eigenvalue weighted by Gasteiger charge is 2.18. The standard InChI is InChI=1S/C16H12O5.C7H6O5/c1-4-7-19-13-10-12(16(17)18)11-14(20-8-5-2)15(13)21-9-6-3;8-4-1-3(7(11)12)2-5(9)6(4)10/h1-3,10-11H,7-9H2,(H,17,18);1-2,8-10H,(H,11,12). The molecule has 0 spiro atoms. The number of carbonyl (C=O) groups is 2. The predicted molar refractivity (Wildman–Crippen MR) is 115 cm³/mol. The summed E-state index contributed by atoms with van der Waals surface area (Å²) in [6, 6.07) is 4.23. The Morgan fingerprint density at radius 1 is 0.697 bits per heavy atom. The highest BCUT2D eigenvalue weighted by Crippen LogP contribution is 2.39. The molecule has 0 aliphatic rings. The van der Waals surface area contributed by atoms with Crippen LogP contribution in [0.3, 0.4) is 0 Å². The Labute approximate surface area is 188 Å². The van der Waals surface area contributed by atoms with E-state index in [2.05, 4.69) is 17.8 Å². The minimum absolute atomic E-state index is 0.0504. The van der Waals surface area contributed by atoms with Crippen LogP contribution in [0, 0.1) is 37.0 Å². The number of phenols is 3. The number of hydrogen-bond donors (Lipinski definition) is 5. The zero-order chi connectivity index (χ0) is 25.0. The van der Waals surface area contributed by atoms with Gasteiger partial charge in [0, 0.05) is 0 Å². The third-order valence-corrected chi connectivity index (χ3v) is 3.51. The minimum Gasteiger partial charge on any atom is -0.504 e. The minimum atomic E-state index is -1.29. The predicted octanol–water partition coefficient (Wildman–Crippen LogP) is 1.92. The average molecular weight is 454 g/mol. The highest BCUT2D eigenvalue weighted by molar-refractivity contribution is 5.90. The summed E-state index contributed by atoms with van der Waals surface area (Å²) in [6.45, 7) is -0.181. The molecule has 0 atom stereocenters. The van der Waals surface area contributed by atoms with Crippen molar-refractivity contribution in [1.82, 2.24) is 0 Å². The number of aromatic carboxylic acids is 2. The number of aromatic hydroxyl groups is 3. The van der Waals surface area contributed by atoms with Gasteiger partial charge in [-0.05, 0) is 24.3 Å². The fourth-order valence-electron chi connectivity index (χ4n) is 2.14. The van der Waals surface area contributed by atoms with E-state index in [4.69, 9.17) is 59.0 Å². The lowest BCUT2D eigenvalue weighted by Gasteiger charge is -2.15. The van der Waals surface area contributed by atoms with Crippen molar-refractivity contribution in [1.29, 1.82) is 0 Å². The molecular formula is C23H18O10. The van der Waals surface area contributed by atoms with Crippen molar-refractivity contribution in [2.24, 2.45) is 0 Å². The number of carboxylic acids is 2. The fraction of sp³-hybridized carbons (Fsp3) is 0.130. The van der Waals surface area contributed by atoms with E-state index in [1.165, 1.54) is 12.1 Å². The first-order valence-electron chi connectivity index (χ1n) is 8.74. The number of benzene rings is 2. The van der Waals surface area contributed by atoms with Gasteiger partial charge in [0.15, 0.2) is 28.7 Å². The Morgan fingerprint density at radius 2 is 1.06 bits per heavy atom. The van der Waals surface area contributed by atoms with Gasteiger partial charge >= 0.3 is 11.9 Å². The highest BCUT2D eigenvalue weighted by atomic mass is 16.5. The van der Waals surface area contributed by atoms with Crippen LogP contribution in [-0.4, -0.2) is 57.3 Å². The molecule has 2 aromatic rings. The molecule has 2 rings (SSSR count). The van der Waals surface area contributed by atoms with Crippen LogP contribution in [-0.2, 0) is 0 Å². The summed E-state index contributed by atoms with van der Waals surface area (Å²) in [5.74, 6) is 2.74. The summed E-state index contributed by atoms with van der Waals surface area (Å²) < 4.78 is 15.9. The van der Waals surface area contributed by atoms with Crippen molar-refractivity contribution in [2.75, 3.05) is 19.8 Å². The molecule has 10 heteroatoms. The third kappa shape index (κ3) is 7.56. The quantitative estimate of drug-likeness (QED) is 0.294. The first-order chi connectivity index (χ1) is 15.7. The average Bonchev–Trinajstić information content (AvgIpc) is 2.78. The largest absolute Gasteiger partial charge is 0.504 e. The zero-order valence-corrected chi connectivity index (χ0v) is 16.9. The molecule has 0 aliphatic heterocycles. The van der Waals surface area contributed by atoms with Gasteiger partial charge in [0.2, 0.25) is 5.75 Å². The van der Waals surface area contributed by atoms with Crippen LogP contribution in [0.15, 0.2) is 24.3 Å². The van der Waals surface area contributed by atoms with Crippen molar-refractivity contribution >= 4 is 11.9 Å². The molecule has 33 heavy (non-hydrogen) atoms. The number of phenolic OH excluding ortho intramolecular Hbond substituents is 3. The molecule has 10 nitrogen and oxygen atoms in total. The normalized spacial score (nSPS) is 9.12. The van der Waals surface area contributed by atoms with Crippen molar-refractivity contribution in [3.63, 3.8) is 0 Å². The Morgan fingerprint density at radius 3 is 1.42 bits per heavy atom. The smallest absolute Gasteiger partial charge is 0.335 e. The second kappa shape index (κ2) is 12.5. The maximum Gasteiger partial charge on any atom is 0.335 e. The van der Waals surface area contributed by atoms with Gasteiger partial charge in [0.25, 0.3) is 0 Å². The molecule has 0 unspecified atom stereocenters. The summed E-state index contributed by atoms with van der Waals surface area (Å²) in [5, 5.41) is 44.0. The van der Waals surface area contributed by atoms with Crippen LogP contribution >= 0.6 is 0 Å². The topological polar surface area (TPSA) is 163 Å². The first-order valence-corrected chi connectivity index (χ1v) is 8.74. The Hall–Kier alpha value is -5.14. The van der Waals surface area contributed by atoms with Crippen molar-refractivity contribution < 1.29 is 49.3 Å². The Balaban J connectivity index is 0.000000383. The summed E-state index contributed by atoms with van der Waals surface area (Å²) in [4.78, 5) is 21.4. The number of terminal acetylenes is 3. The first kappa shape index (κ1) is 25.9. The van der Waals surface area contributed by atoms with Gasteiger partial charge in [-0.2, -0.15) is 0 Å². The van der Waals surface area contributed by atoms with Gasteiger partial charge in [0.05, 0.1) is 11.1 Å². The van der Waals surface area contributed by atoms with Crippen LogP contribution in [0.1, 0.15) is 20.7 Å². The lowest BCUT2D eigenvalue weighted by molar-refractivity contribution is 0.0685. The molecule has 0 bridgehead atoms. The molecular weight excluding hydrogens is 436 g/mol. The summed E-state index contributed by atoms with van der Waals surface area (Å²) in [5.41, 5.74) is -0.343. The lowest BCUT2D eigenvalue weighted by Crippen LogP contribution is -2.06. The molecule has 0 fully saturated rings. The van der Waals surface area contributed by atoms with E-state index in [1.54, 1.807) is 0 Å². The second-order valence-corrected chi connectivity index (χ2v) is 5.75. The number of ether oxygens (including phenoxy) is 3. The SMILES string of the molecule is C#CCOc1cc(C(=O)O)cc(OCC#C)c1OCC#C.O=C(O)c1cc(O)c(O)c(O)c1. The molecule has 0 saturated heterocycles. The van der Waals surface area contributed by atoms with E-state index in [0.29, 0.717) is 0 Å². The molecule has 0 radical (unpaired) electrons. The second-order valence-electron chi connectivity index (χ2n) is 5.75. The maximum absolute atomic E-state index is 11.1. The van der Waals surface area contributed by atoms with E-state index in [9.17, 15) is 9.59 Å². The van der Waals surface area contributed by atoms with Gasteiger partial charge < -0.3 is 39.7 Å². The van der Waals surface area contributed by atoms with E-state index in [1.807, 2.05) is 0 Å². The molecule has 170 valence electrons. The van der Waals surface area contributed by atoms with E-state index >= 15 is 0 Å². The maximum atomic E-state index is 11.1. The van der Waals surface area contributed by atoms with Gasteiger partial charge in [-0.15, -0.1) is 19.3 Å². The molecule has 0 aliphatic carbocycles. The van der Waals surface area contributed by atoms with Crippen LogP contribution in [0.4, 0.5) is 0 Å². The Kier molecular flexibility index (Phi) is 9.83. The summed E-state index contributed by atoms with van der Waals surface area (Å²) >= 11 is 0. The fourth-order valence-corrected chi connectivity index (χ4v) is 2.14. The number of rotatable bonds is 8. The monoisotopic (exact) mass is 454 g/mol. The van der Waals surface area contributed by atoms with Gasteiger partial charge in [-0.1, -0.05) is 17.8 Å². The van der Waals surface area contributed by atoms with Crippen molar-refractivity contribution in [2.45, 2.75) is 0 Å². The molecule has 0 heterocycles. The molecule has 0 amide bonds. The molecule has 0 saturated carbocycles. The van der Waals surface area contributed by atoms with Gasteiger partial charge in [0.1, 0.15) is 19.8 Å². The van der Waals surface area contributed by atoms with E-state index < -0.39 is 29.2 Å². The van der Waals surface area contributed by atoms with E-state index in [-0.39, 0.29) is 48.2 Å². The van der Waals surface area contributed by atoms with Crippen LogP contribution in [0.25, 0.3) is 0 Å². The zero-order valence-electron chi connectivity index (χ0n) is 16.9.